The van der Waals surface area contributed by atoms with Gasteiger partial charge in [-0.2, -0.15) is 0 Å². The molecule has 0 heterocycles. The molecular formula is C18H27BrN2O2. The fourth-order valence-corrected chi connectivity index (χ4v) is 3.29. The zero-order valence-corrected chi connectivity index (χ0v) is 16.0. The average molecular weight is 383 g/mol. The fourth-order valence-electron chi connectivity index (χ4n) is 2.89. The number of benzene rings is 1. The van der Waals surface area contributed by atoms with Crippen LogP contribution in [0.25, 0.3) is 0 Å². The number of nitrogens with one attached hydrogen (secondary N) is 2. The first-order valence-electron chi connectivity index (χ1n) is 8.29. The van der Waals surface area contributed by atoms with Gasteiger partial charge in [0, 0.05) is 23.1 Å². The first kappa shape index (κ1) is 18.3. The number of amides is 1. The van der Waals surface area contributed by atoms with Crippen molar-refractivity contribution < 1.29 is 9.53 Å². The maximum absolute atomic E-state index is 11.8. The molecule has 0 aliphatic heterocycles. The molecule has 0 aromatic heterocycles. The minimum Gasteiger partial charge on any atom is -0.444 e. The van der Waals surface area contributed by atoms with Crippen LogP contribution < -0.4 is 10.6 Å². The van der Waals surface area contributed by atoms with Gasteiger partial charge in [-0.25, -0.2) is 4.79 Å². The number of carbonyl (C=O) groups excluding carboxylic acids is 1. The second-order valence-corrected chi connectivity index (χ2v) is 8.00. The topological polar surface area (TPSA) is 50.4 Å². The van der Waals surface area contributed by atoms with Gasteiger partial charge in [0.15, 0.2) is 0 Å². The average Bonchev–Trinajstić information content (AvgIpc) is 2.83. The normalized spacial score (nSPS) is 18.4. The van der Waals surface area contributed by atoms with E-state index in [1.54, 1.807) is 0 Å². The van der Waals surface area contributed by atoms with Crippen LogP contribution in [0.3, 0.4) is 0 Å². The molecule has 0 saturated carbocycles. The van der Waals surface area contributed by atoms with Crippen LogP contribution in [-0.4, -0.2) is 24.3 Å². The van der Waals surface area contributed by atoms with E-state index in [1.165, 1.54) is 11.1 Å². The van der Waals surface area contributed by atoms with Gasteiger partial charge in [0.25, 0.3) is 0 Å². The zero-order chi connectivity index (χ0) is 17.0. The summed E-state index contributed by atoms with van der Waals surface area (Å²) in [5.41, 5.74) is 2.33. The summed E-state index contributed by atoms with van der Waals surface area (Å²) in [6.07, 6.45) is 2.81. The van der Waals surface area contributed by atoms with Crippen molar-refractivity contribution in [3.05, 3.63) is 33.8 Å². The third-order valence-electron chi connectivity index (χ3n) is 4.00. The van der Waals surface area contributed by atoms with Gasteiger partial charge in [-0.3, -0.25) is 0 Å². The van der Waals surface area contributed by atoms with Gasteiger partial charge in [0.05, 0.1) is 0 Å². The van der Waals surface area contributed by atoms with Crippen LogP contribution in [0.5, 0.6) is 0 Å². The maximum Gasteiger partial charge on any atom is 0.407 e. The van der Waals surface area contributed by atoms with Gasteiger partial charge < -0.3 is 15.4 Å². The number of halogens is 1. The number of carbonyl (C=O) groups is 1. The highest BCUT2D eigenvalue weighted by Gasteiger charge is 2.25. The molecule has 0 spiro atoms. The molecule has 2 atom stereocenters. The first-order chi connectivity index (χ1) is 10.8. The maximum atomic E-state index is 11.8. The SMILES string of the molecule is CCC(CNC(=O)OC(C)(C)C)NC1CCc2cc(Br)ccc21. The van der Waals surface area contributed by atoms with Crippen LogP contribution in [0.4, 0.5) is 4.79 Å². The Morgan fingerprint density at radius 1 is 1.43 bits per heavy atom. The van der Waals surface area contributed by atoms with Crippen molar-refractivity contribution in [2.75, 3.05) is 6.54 Å². The minimum absolute atomic E-state index is 0.238. The van der Waals surface area contributed by atoms with E-state index in [9.17, 15) is 4.79 Å². The standard InChI is InChI=1S/C18H27BrN2O2/c1-5-14(11-20-17(22)23-18(2,3)4)21-16-9-6-12-10-13(19)7-8-15(12)16/h7-8,10,14,16,21H,5-6,9,11H2,1-4H3,(H,20,22). The van der Waals surface area contributed by atoms with Crippen LogP contribution in [0.15, 0.2) is 22.7 Å². The number of alkyl carbamates (subject to hydrolysis) is 1. The van der Waals surface area contributed by atoms with Gasteiger partial charge in [0.2, 0.25) is 0 Å². The molecule has 5 heteroatoms. The molecule has 0 radical (unpaired) electrons. The summed E-state index contributed by atoms with van der Waals surface area (Å²) in [6.45, 7) is 8.32. The van der Waals surface area contributed by atoms with E-state index in [0.717, 1.165) is 23.7 Å². The zero-order valence-electron chi connectivity index (χ0n) is 14.4. The minimum atomic E-state index is -0.461. The Morgan fingerprint density at radius 3 is 2.83 bits per heavy atom. The molecule has 1 aromatic rings. The molecule has 1 aromatic carbocycles. The van der Waals surface area contributed by atoms with E-state index in [4.69, 9.17) is 4.74 Å². The molecule has 2 rings (SSSR count). The lowest BCUT2D eigenvalue weighted by Crippen LogP contribution is -2.43. The number of hydrogen-bond donors (Lipinski definition) is 2. The van der Waals surface area contributed by atoms with Crippen molar-refractivity contribution in [3.63, 3.8) is 0 Å². The summed E-state index contributed by atoms with van der Waals surface area (Å²) in [7, 11) is 0. The summed E-state index contributed by atoms with van der Waals surface area (Å²) in [5, 5.41) is 6.54. The van der Waals surface area contributed by atoms with E-state index >= 15 is 0 Å². The fraction of sp³-hybridized carbons (Fsp3) is 0.611. The molecule has 1 aliphatic rings. The summed E-state index contributed by atoms with van der Waals surface area (Å²) in [6, 6.07) is 7.10. The van der Waals surface area contributed by atoms with Crippen molar-refractivity contribution in [2.45, 2.75) is 64.6 Å². The smallest absolute Gasteiger partial charge is 0.407 e. The highest BCUT2D eigenvalue weighted by atomic mass is 79.9. The quantitative estimate of drug-likeness (QED) is 0.796. The number of hydrogen-bond acceptors (Lipinski definition) is 3. The Kier molecular flexibility index (Phi) is 6.09. The predicted molar refractivity (Wildman–Crippen MR) is 96.7 cm³/mol. The van der Waals surface area contributed by atoms with E-state index < -0.39 is 5.60 Å². The van der Waals surface area contributed by atoms with E-state index in [0.29, 0.717) is 12.6 Å². The lowest BCUT2D eigenvalue weighted by atomic mass is 10.1. The van der Waals surface area contributed by atoms with E-state index in [2.05, 4.69) is 51.7 Å². The second-order valence-electron chi connectivity index (χ2n) is 7.09. The Labute approximate surface area is 147 Å². The molecule has 0 saturated heterocycles. The van der Waals surface area contributed by atoms with Crippen molar-refractivity contribution >= 4 is 22.0 Å². The van der Waals surface area contributed by atoms with Gasteiger partial charge in [-0.15, -0.1) is 0 Å². The third-order valence-corrected chi connectivity index (χ3v) is 4.50. The monoisotopic (exact) mass is 382 g/mol. The van der Waals surface area contributed by atoms with Crippen LogP contribution in [0.1, 0.15) is 57.7 Å². The molecule has 2 unspecified atom stereocenters. The lowest BCUT2D eigenvalue weighted by Gasteiger charge is -2.24. The van der Waals surface area contributed by atoms with Crippen LogP contribution >= 0.6 is 15.9 Å². The molecular weight excluding hydrogens is 356 g/mol. The van der Waals surface area contributed by atoms with Crippen LogP contribution in [0, 0.1) is 0 Å². The summed E-state index contributed by atoms with van der Waals surface area (Å²) in [5.74, 6) is 0. The van der Waals surface area contributed by atoms with Gasteiger partial charge in [-0.05, 0) is 63.3 Å². The molecule has 23 heavy (non-hydrogen) atoms. The molecule has 1 aliphatic carbocycles. The Hall–Kier alpha value is -1.07. The summed E-state index contributed by atoms with van der Waals surface area (Å²) in [4.78, 5) is 11.8. The third kappa shape index (κ3) is 5.50. The molecule has 1 amide bonds. The molecule has 0 bridgehead atoms. The highest BCUT2D eigenvalue weighted by molar-refractivity contribution is 9.10. The van der Waals surface area contributed by atoms with Crippen LogP contribution in [0.2, 0.25) is 0 Å². The number of rotatable bonds is 5. The Bertz CT molecular complexity index is 554. The van der Waals surface area contributed by atoms with Crippen molar-refractivity contribution in [1.82, 2.24) is 10.6 Å². The van der Waals surface area contributed by atoms with E-state index in [-0.39, 0.29) is 12.1 Å². The number of ether oxygens (including phenoxy) is 1. The summed E-state index contributed by atoms with van der Waals surface area (Å²) < 4.78 is 6.42. The second kappa shape index (κ2) is 7.67. The van der Waals surface area contributed by atoms with Crippen molar-refractivity contribution in [2.24, 2.45) is 0 Å². The summed E-state index contributed by atoms with van der Waals surface area (Å²) >= 11 is 3.53. The predicted octanol–water partition coefficient (Wildman–Crippen LogP) is 4.33. The number of aryl methyl sites for hydroxylation is 1. The van der Waals surface area contributed by atoms with Crippen molar-refractivity contribution in [1.29, 1.82) is 0 Å². The lowest BCUT2D eigenvalue weighted by molar-refractivity contribution is 0.0521. The van der Waals surface area contributed by atoms with Gasteiger partial charge in [0.1, 0.15) is 5.60 Å². The van der Waals surface area contributed by atoms with E-state index in [1.807, 2.05) is 20.8 Å². The van der Waals surface area contributed by atoms with Gasteiger partial charge >= 0.3 is 6.09 Å². The van der Waals surface area contributed by atoms with Gasteiger partial charge in [-0.1, -0.05) is 28.9 Å². The van der Waals surface area contributed by atoms with Crippen LogP contribution in [-0.2, 0) is 11.2 Å². The van der Waals surface area contributed by atoms with Crippen molar-refractivity contribution in [3.8, 4) is 0 Å². The molecule has 2 N–H and O–H groups in total. The molecule has 4 nitrogen and oxygen atoms in total. The molecule has 128 valence electrons. The number of fused-ring (bicyclic) bond motifs is 1. The highest BCUT2D eigenvalue weighted by Crippen LogP contribution is 2.33. The Morgan fingerprint density at radius 2 is 2.17 bits per heavy atom. The first-order valence-corrected chi connectivity index (χ1v) is 9.09. The Balaban J connectivity index is 1.88. The molecule has 0 fully saturated rings. The largest absolute Gasteiger partial charge is 0.444 e.